The number of carboxylic acids is 1. The van der Waals surface area contributed by atoms with Gasteiger partial charge in [-0.1, -0.05) is 0 Å². The molecule has 0 fully saturated rings. The van der Waals surface area contributed by atoms with Crippen LogP contribution in [0.15, 0.2) is 21.1 Å². The second kappa shape index (κ2) is 6.19. The number of phenolic OH excluding ortho intramolecular Hbond substituents is 1. The highest BCUT2D eigenvalue weighted by Gasteiger charge is 2.19. The molecule has 1 rings (SSSR count). The molecular weight excluding hydrogens is 370 g/mol. The SMILES string of the molecule is CC(=O)N[C@H](Cc1cc(Br)c(O)c(Br)c1)C(=O)O. The van der Waals surface area contributed by atoms with Crippen molar-refractivity contribution in [2.75, 3.05) is 0 Å². The molecule has 0 heterocycles. The monoisotopic (exact) mass is 379 g/mol. The van der Waals surface area contributed by atoms with E-state index in [0.717, 1.165) is 0 Å². The summed E-state index contributed by atoms with van der Waals surface area (Å²) in [6.45, 7) is 1.26. The minimum Gasteiger partial charge on any atom is -0.506 e. The summed E-state index contributed by atoms with van der Waals surface area (Å²) in [7, 11) is 0. The van der Waals surface area contributed by atoms with E-state index in [2.05, 4.69) is 37.2 Å². The molecule has 1 atom stereocenters. The van der Waals surface area contributed by atoms with Crippen LogP contribution < -0.4 is 5.32 Å². The Labute approximate surface area is 120 Å². The minimum absolute atomic E-state index is 0.0464. The fraction of sp³-hybridized carbons (Fsp3) is 0.273. The smallest absolute Gasteiger partial charge is 0.326 e. The molecule has 98 valence electrons. The number of carbonyl (C=O) groups is 2. The normalized spacial score (nSPS) is 11.9. The second-order valence-electron chi connectivity index (χ2n) is 3.70. The average Bonchev–Trinajstić information content (AvgIpc) is 2.24. The highest BCUT2D eigenvalue weighted by molar-refractivity contribution is 9.11. The summed E-state index contributed by atoms with van der Waals surface area (Å²) in [6.07, 6.45) is 0.131. The fourth-order valence-electron chi connectivity index (χ4n) is 1.42. The van der Waals surface area contributed by atoms with Gasteiger partial charge in [-0.3, -0.25) is 4.79 Å². The van der Waals surface area contributed by atoms with Crippen LogP contribution in [0.2, 0.25) is 0 Å². The minimum atomic E-state index is -1.11. The number of hydrogen-bond donors (Lipinski definition) is 3. The Bertz CT molecular complexity index is 467. The number of aromatic hydroxyl groups is 1. The van der Waals surface area contributed by atoms with Crippen molar-refractivity contribution in [1.29, 1.82) is 0 Å². The van der Waals surface area contributed by atoms with Crippen LogP contribution in [-0.2, 0) is 16.0 Å². The lowest BCUT2D eigenvalue weighted by molar-refractivity contribution is -0.141. The first kappa shape index (κ1) is 15.0. The van der Waals surface area contributed by atoms with Gasteiger partial charge >= 0.3 is 5.97 Å². The van der Waals surface area contributed by atoms with Gasteiger partial charge in [-0.25, -0.2) is 4.79 Å². The van der Waals surface area contributed by atoms with E-state index >= 15 is 0 Å². The van der Waals surface area contributed by atoms with Gasteiger partial charge in [0.05, 0.1) is 8.95 Å². The van der Waals surface area contributed by atoms with Crippen LogP contribution in [-0.4, -0.2) is 28.1 Å². The van der Waals surface area contributed by atoms with Crippen LogP contribution >= 0.6 is 31.9 Å². The number of amides is 1. The Kier molecular flexibility index (Phi) is 5.15. The van der Waals surface area contributed by atoms with Gasteiger partial charge in [0.15, 0.2) is 0 Å². The summed E-state index contributed by atoms with van der Waals surface area (Å²) in [6, 6.07) is 2.22. The zero-order valence-corrected chi connectivity index (χ0v) is 12.6. The molecule has 0 unspecified atom stereocenters. The third kappa shape index (κ3) is 3.99. The van der Waals surface area contributed by atoms with E-state index in [-0.39, 0.29) is 12.2 Å². The molecule has 7 heteroatoms. The van der Waals surface area contributed by atoms with Crippen LogP contribution in [0.4, 0.5) is 0 Å². The largest absolute Gasteiger partial charge is 0.506 e. The van der Waals surface area contributed by atoms with Gasteiger partial charge in [-0.2, -0.15) is 0 Å². The van der Waals surface area contributed by atoms with Crippen molar-refractivity contribution in [3.63, 3.8) is 0 Å². The summed E-state index contributed by atoms with van der Waals surface area (Å²) < 4.78 is 0.915. The van der Waals surface area contributed by atoms with E-state index in [1.54, 1.807) is 12.1 Å². The maximum absolute atomic E-state index is 11.0. The maximum atomic E-state index is 11.0. The number of hydrogen-bond acceptors (Lipinski definition) is 3. The van der Waals surface area contributed by atoms with Crippen molar-refractivity contribution in [2.24, 2.45) is 0 Å². The van der Waals surface area contributed by atoms with Crippen LogP contribution in [0.3, 0.4) is 0 Å². The van der Waals surface area contributed by atoms with Gasteiger partial charge in [-0.15, -0.1) is 0 Å². The summed E-state index contributed by atoms with van der Waals surface area (Å²) in [5.41, 5.74) is 0.674. The van der Waals surface area contributed by atoms with E-state index in [1.807, 2.05) is 0 Å². The van der Waals surface area contributed by atoms with Crippen molar-refractivity contribution in [1.82, 2.24) is 5.32 Å². The summed E-state index contributed by atoms with van der Waals surface area (Å²) in [5.74, 6) is -1.46. The number of aliphatic carboxylic acids is 1. The molecule has 3 N–H and O–H groups in total. The fourth-order valence-corrected chi connectivity index (χ4v) is 2.70. The zero-order valence-electron chi connectivity index (χ0n) is 9.41. The second-order valence-corrected chi connectivity index (χ2v) is 5.41. The molecule has 0 aliphatic rings. The van der Waals surface area contributed by atoms with Gasteiger partial charge < -0.3 is 15.5 Å². The topological polar surface area (TPSA) is 86.6 Å². The van der Waals surface area contributed by atoms with Gasteiger partial charge in [0.1, 0.15) is 11.8 Å². The standard InChI is InChI=1S/C11H11Br2NO4/c1-5(15)14-9(11(17)18)4-6-2-7(12)10(16)8(13)3-6/h2-3,9,16H,4H2,1H3,(H,14,15)(H,17,18)/t9-/m1/s1. The Hall–Kier alpha value is -1.08. The molecule has 0 aromatic heterocycles. The van der Waals surface area contributed by atoms with Crippen LogP contribution in [0.5, 0.6) is 5.75 Å². The van der Waals surface area contributed by atoms with Gasteiger partial charge in [0.25, 0.3) is 0 Å². The Balaban J connectivity index is 2.94. The van der Waals surface area contributed by atoms with Crippen molar-refractivity contribution < 1.29 is 19.8 Å². The summed E-state index contributed by atoms with van der Waals surface area (Å²) in [4.78, 5) is 21.9. The lowest BCUT2D eigenvalue weighted by atomic mass is 10.1. The molecule has 0 radical (unpaired) electrons. The molecule has 0 aliphatic heterocycles. The molecule has 18 heavy (non-hydrogen) atoms. The number of carbonyl (C=O) groups excluding carboxylic acids is 1. The highest BCUT2D eigenvalue weighted by Crippen LogP contribution is 2.33. The molecular formula is C11H11Br2NO4. The Morgan fingerprint density at radius 2 is 1.83 bits per heavy atom. The third-order valence-corrected chi connectivity index (χ3v) is 3.40. The first-order valence-electron chi connectivity index (χ1n) is 4.98. The number of carboxylic acid groups (broad SMARTS) is 1. The molecule has 1 aromatic carbocycles. The van der Waals surface area contributed by atoms with Crippen LogP contribution in [0.25, 0.3) is 0 Å². The molecule has 5 nitrogen and oxygen atoms in total. The van der Waals surface area contributed by atoms with Crippen molar-refractivity contribution in [2.45, 2.75) is 19.4 Å². The first-order chi connectivity index (χ1) is 8.31. The lowest BCUT2D eigenvalue weighted by Gasteiger charge is -2.14. The predicted octanol–water partition coefficient (Wildman–Crippen LogP) is 2.05. The lowest BCUT2D eigenvalue weighted by Crippen LogP contribution is -2.41. The zero-order chi connectivity index (χ0) is 13.9. The number of halogens is 2. The van der Waals surface area contributed by atoms with E-state index in [1.165, 1.54) is 6.92 Å². The van der Waals surface area contributed by atoms with Gasteiger partial charge in [-0.05, 0) is 49.6 Å². The third-order valence-electron chi connectivity index (χ3n) is 2.19. The quantitative estimate of drug-likeness (QED) is 0.746. The molecule has 1 amide bonds. The molecule has 0 saturated heterocycles. The maximum Gasteiger partial charge on any atom is 0.326 e. The molecule has 0 aliphatic carbocycles. The van der Waals surface area contributed by atoms with E-state index in [0.29, 0.717) is 14.5 Å². The highest BCUT2D eigenvalue weighted by atomic mass is 79.9. The first-order valence-corrected chi connectivity index (χ1v) is 6.56. The Morgan fingerprint density at radius 1 is 1.33 bits per heavy atom. The number of rotatable bonds is 4. The van der Waals surface area contributed by atoms with Gasteiger partial charge in [0, 0.05) is 13.3 Å². The van der Waals surface area contributed by atoms with E-state index in [4.69, 9.17) is 5.11 Å². The molecule has 0 spiro atoms. The van der Waals surface area contributed by atoms with Gasteiger partial charge in [0.2, 0.25) is 5.91 Å². The Morgan fingerprint density at radius 3 is 2.22 bits per heavy atom. The number of phenols is 1. The van der Waals surface area contributed by atoms with Crippen molar-refractivity contribution in [3.8, 4) is 5.75 Å². The summed E-state index contributed by atoms with van der Waals surface area (Å²) >= 11 is 6.32. The summed E-state index contributed by atoms with van der Waals surface area (Å²) in [5, 5.41) is 20.9. The number of nitrogens with one attached hydrogen (secondary N) is 1. The van der Waals surface area contributed by atoms with Crippen LogP contribution in [0.1, 0.15) is 12.5 Å². The predicted molar refractivity (Wildman–Crippen MR) is 72.5 cm³/mol. The molecule has 0 bridgehead atoms. The molecule has 0 saturated carbocycles. The van der Waals surface area contributed by atoms with E-state index in [9.17, 15) is 14.7 Å². The van der Waals surface area contributed by atoms with Crippen molar-refractivity contribution >= 4 is 43.7 Å². The van der Waals surface area contributed by atoms with E-state index < -0.39 is 17.9 Å². The van der Waals surface area contributed by atoms with Crippen molar-refractivity contribution in [3.05, 3.63) is 26.6 Å². The van der Waals surface area contributed by atoms with Crippen LogP contribution in [0, 0.1) is 0 Å². The number of benzene rings is 1. The average molecular weight is 381 g/mol. The molecule has 1 aromatic rings.